The number of piperidine rings is 1. The first kappa shape index (κ1) is 14.3. The van der Waals surface area contributed by atoms with Gasteiger partial charge in [0.25, 0.3) is 0 Å². The van der Waals surface area contributed by atoms with Crippen LogP contribution < -0.4 is 5.32 Å². The molecule has 18 heavy (non-hydrogen) atoms. The molecule has 0 radical (unpaired) electrons. The monoisotopic (exact) mass is 254 g/mol. The molecule has 1 saturated carbocycles. The SMILES string of the molecule is COC(C)(C)C(C)N(CC1CCCCN1)C1CC1. The Kier molecular flexibility index (Phi) is 4.68. The molecule has 2 atom stereocenters. The van der Waals surface area contributed by atoms with Crippen molar-refractivity contribution < 1.29 is 4.74 Å². The minimum atomic E-state index is -0.0583. The summed E-state index contributed by atoms with van der Waals surface area (Å²) in [6, 6.07) is 1.98. The molecule has 1 aliphatic heterocycles. The maximum Gasteiger partial charge on any atom is 0.0774 e. The summed E-state index contributed by atoms with van der Waals surface area (Å²) in [5.41, 5.74) is -0.0583. The predicted octanol–water partition coefficient (Wildman–Crippen LogP) is 2.41. The molecule has 0 spiro atoms. The average molecular weight is 254 g/mol. The van der Waals surface area contributed by atoms with Crippen molar-refractivity contribution >= 4 is 0 Å². The van der Waals surface area contributed by atoms with Gasteiger partial charge in [-0.25, -0.2) is 0 Å². The van der Waals surface area contributed by atoms with Gasteiger partial charge < -0.3 is 10.1 Å². The minimum Gasteiger partial charge on any atom is -0.377 e. The molecular formula is C15H30N2O. The van der Waals surface area contributed by atoms with E-state index in [9.17, 15) is 0 Å². The van der Waals surface area contributed by atoms with Crippen LogP contribution in [0.2, 0.25) is 0 Å². The molecule has 1 saturated heterocycles. The van der Waals surface area contributed by atoms with Gasteiger partial charge in [0.15, 0.2) is 0 Å². The van der Waals surface area contributed by atoms with Gasteiger partial charge in [-0.3, -0.25) is 4.90 Å². The number of ether oxygens (including phenoxy) is 1. The van der Waals surface area contributed by atoms with E-state index in [-0.39, 0.29) is 5.60 Å². The van der Waals surface area contributed by atoms with E-state index in [4.69, 9.17) is 4.74 Å². The molecule has 2 rings (SSSR count). The largest absolute Gasteiger partial charge is 0.377 e. The van der Waals surface area contributed by atoms with Crippen LogP contribution in [0.1, 0.15) is 52.9 Å². The summed E-state index contributed by atoms with van der Waals surface area (Å²) in [4.78, 5) is 2.69. The van der Waals surface area contributed by atoms with Crippen LogP contribution in [0.25, 0.3) is 0 Å². The number of hydrogen-bond acceptors (Lipinski definition) is 3. The molecule has 2 unspecified atom stereocenters. The standard InChI is InChI=1S/C15H30N2O/c1-12(15(2,3)18-4)17(14-8-9-14)11-13-7-5-6-10-16-13/h12-14,16H,5-11H2,1-4H3. The average Bonchev–Trinajstić information content (AvgIpc) is 3.20. The lowest BCUT2D eigenvalue weighted by Gasteiger charge is -2.41. The zero-order valence-electron chi connectivity index (χ0n) is 12.5. The minimum absolute atomic E-state index is 0.0583. The lowest BCUT2D eigenvalue weighted by Crippen LogP contribution is -2.54. The first-order chi connectivity index (χ1) is 8.54. The Morgan fingerprint density at radius 3 is 2.50 bits per heavy atom. The molecule has 0 bridgehead atoms. The highest BCUT2D eigenvalue weighted by atomic mass is 16.5. The molecule has 1 N–H and O–H groups in total. The Morgan fingerprint density at radius 1 is 1.28 bits per heavy atom. The third-order valence-electron chi connectivity index (χ3n) is 4.89. The molecule has 106 valence electrons. The fourth-order valence-corrected chi connectivity index (χ4v) is 2.93. The lowest BCUT2D eigenvalue weighted by atomic mass is 9.96. The van der Waals surface area contributed by atoms with Gasteiger partial charge in [0.2, 0.25) is 0 Å². The van der Waals surface area contributed by atoms with E-state index < -0.39 is 0 Å². The second-order valence-corrected chi connectivity index (χ2v) is 6.56. The van der Waals surface area contributed by atoms with E-state index in [0.717, 1.165) is 6.04 Å². The first-order valence-corrected chi connectivity index (χ1v) is 7.59. The number of hydrogen-bond donors (Lipinski definition) is 1. The Morgan fingerprint density at radius 2 is 2.00 bits per heavy atom. The van der Waals surface area contributed by atoms with Crippen LogP contribution in [0, 0.1) is 0 Å². The summed E-state index contributed by atoms with van der Waals surface area (Å²) in [5, 5.41) is 3.67. The van der Waals surface area contributed by atoms with Gasteiger partial charge in [-0.15, -0.1) is 0 Å². The van der Waals surface area contributed by atoms with Crippen molar-refractivity contribution in [1.29, 1.82) is 0 Å². The number of methoxy groups -OCH3 is 1. The summed E-state index contributed by atoms with van der Waals surface area (Å²) in [7, 11) is 1.83. The van der Waals surface area contributed by atoms with Crippen molar-refractivity contribution in [2.45, 2.75) is 76.6 Å². The first-order valence-electron chi connectivity index (χ1n) is 7.59. The highest BCUT2D eigenvalue weighted by molar-refractivity contribution is 4.95. The van der Waals surface area contributed by atoms with Gasteiger partial charge in [0, 0.05) is 31.8 Å². The highest BCUT2D eigenvalue weighted by Crippen LogP contribution is 2.33. The van der Waals surface area contributed by atoms with Crippen molar-refractivity contribution in [1.82, 2.24) is 10.2 Å². The molecule has 3 heteroatoms. The third-order valence-corrected chi connectivity index (χ3v) is 4.89. The van der Waals surface area contributed by atoms with Crippen molar-refractivity contribution in [3.63, 3.8) is 0 Å². The van der Waals surface area contributed by atoms with Crippen molar-refractivity contribution in [2.75, 3.05) is 20.2 Å². The summed E-state index contributed by atoms with van der Waals surface area (Å²) in [6.45, 7) is 9.14. The zero-order chi connectivity index (χ0) is 13.2. The van der Waals surface area contributed by atoms with Gasteiger partial charge >= 0.3 is 0 Å². The molecule has 2 aliphatic rings. The lowest BCUT2D eigenvalue weighted by molar-refractivity contribution is -0.0519. The van der Waals surface area contributed by atoms with Crippen LogP contribution in [0.5, 0.6) is 0 Å². The molecule has 1 heterocycles. The van der Waals surface area contributed by atoms with E-state index in [2.05, 4.69) is 31.0 Å². The zero-order valence-corrected chi connectivity index (χ0v) is 12.5. The van der Waals surface area contributed by atoms with Crippen LogP contribution in [0.15, 0.2) is 0 Å². The molecule has 0 aromatic carbocycles. The fourth-order valence-electron chi connectivity index (χ4n) is 2.93. The predicted molar refractivity (Wildman–Crippen MR) is 75.9 cm³/mol. The molecule has 0 amide bonds. The maximum absolute atomic E-state index is 5.69. The molecule has 0 aromatic rings. The summed E-state index contributed by atoms with van der Waals surface area (Å²) < 4.78 is 5.69. The highest BCUT2D eigenvalue weighted by Gasteiger charge is 2.39. The van der Waals surface area contributed by atoms with Gasteiger partial charge in [-0.2, -0.15) is 0 Å². The third kappa shape index (κ3) is 3.46. The number of nitrogens with zero attached hydrogens (tertiary/aromatic N) is 1. The van der Waals surface area contributed by atoms with Crippen LogP contribution in [-0.4, -0.2) is 48.8 Å². The Balaban J connectivity index is 1.94. The van der Waals surface area contributed by atoms with Gasteiger partial charge in [-0.1, -0.05) is 6.42 Å². The van der Waals surface area contributed by atoms with E-state index in [1.165, 1.54) is 45.2 Å². The topological polar surface area (TPSA) is 24.5 Å². The van der Waals surface area contributed by atoms with Gasteiger partial charge in [0.1, 0.15) is 0 Å². The van der Waals surface area contributed by atoms with E-state index >= 15 is 0 Å². The Hall–Kier alpha value is -0.120. The Bertz CT molecular complexity index is 257. The number of rotatable bonds is 6. The number of nitrogens with one attached hydrogen (secondary N) is 1. The van der Waals surface area contributed by atoms with E-state index in [1.54, 1.807) is 0 Å². The van der Waals surface area contributed by atoms with Gasteiger partial charge in [-0.05, 0) is 53.0 Å². The van der Waals surface area contributed by atoms with Crippen molar-refractivity contribution in [2.24, 2.45) is 0 Å². The molecule has 0 aromatic heterocycles. The maximum atomic E-state index is 5.69. The van der Waals surface area contributed by atoms with Crippen LogP contribution >= 0.6 is 0 Å². The smallest absolute Gasteiger partial charge is 0.0774 e. The van der Waals surface area contributed by atoms with E-state index in [1.807, 2.05) is 7.11 Å². The molecule has 3 nitrogen and oxygen atoms in total. The van der Waals surface area contributed by atoms with Crippen molar-refractivity contribution in [3.8, 4) is 0 Å². The van der Waals surface area contributed by atoms with Crippen LogP contribution in [0.4, 0.5) is 0 Å². The summed E-state index contributed by atoms with van der Waals surface area (Å²) in [5.74, 6) is 0. The molecular weight excluding hydrogens is 224 g/mol. The van der Waals surface area contributed by atoms with E-state index in [0.29, 0.717) is 12.1 Å². The quantitative estimate of drug-likeness (QED) is 0.788. The normalized spacial score (nSPS) is 27.5. The summed E-state index contributed by atoms with van der Waals surface area (Å²) in [6.07, 6.45) is 6.81. The van der Waals surface area contributed by atoms with Crippen LogP contribution in [0.3, 0.4) is 0 Å². The summed E-state index contributed by atoms with van der Waals surface area (Å²) >= 11 is 0. The Labute approximate surface area is 112 Å². The molecule has 2 fully saturated rings. The van der Waals surface area contributed by atoms with Crippen LogP contribution in [-0.2, 0) is 4.74 Å². The second-order valence-electron chi connectivity index (χ2n) is 6.56. The van der Waals surface area contributed by atoms with Gasteiger partial charge in [0.05, 0.1) is 5.60 Å². The molecule has 1 aliphatic carbocycles. The second kappa shape index (κ2) is 5.89. The van der Waals surface area contributed by atoms with Crippen molar-refractivity contribution in [3.05, 3.63) is 0 Å². The fraction of sp³-hybridized carbons (Fsp3) is 1.00.